The van der Waals surface area contributed by atoms with Gasteiger partial charge in [-0.3, -0.25) is 4.18 Å². The van der Waals surface area contributed by atoms with Gasteiger partial charge in [-0.15, -0.1) is 0 Å². The minimum absolute atomic E-state index is 0.0899. The van der Waals surface area contributed by atoms with Crippen LogP contribution in [0.4, 0.5) is 4.79 Å². The molecule has 0 bridgehead atoms. The van der Waals surface area contributed by atoms with Crippen molar-refractivity contribution < 1.29 is 26.9 Å². The van der Waals surface area contributed by atoms with Crippen LogP contribution in [-0.4, -0.2) is 58.4 Å². The lowest BCUT2D eigenvalue weighted by atomic mass is 10.2. The van der Waals surface area contributed by atoms with Crippen LogP contribution in [0.15, 0.2) is 35.2 Å². The van der Waals surface area contributed by atoms with Crippen LogP contribution in [0.1, 0.15) is 20.8 Å². The second-order valence-electron chi connectivity index (χ2n) is 6.10. The summed E-state index contributed by atoms with van der Waals surface area (Å²) in [5.41, 5.74) is -0.550. The lowest BCUT2D eigenvalue weighted by Crippen LogP contribution is -2.36. The summed E-state index contributed by atoms with van der Waals surface area (Å²) in [7, 11) is -2.16. The molecule has 7 nitrogen and oxygen atoms in total. The molecule has 0 aliphatic heterocycles. The van der Waals surface area contributed by atoms with Gasteiger partial charge >= 0.3 is 6.09 Å². The van der Waals surface area contributed by atoms with Crippen molar-refractivity contribution in [2.24, 2.45) is 0 Å². The number of hydrogen-bond donors (Lipinski definition) is 0. The Labute approximate surface area is 143 Å². The van der Waals surface area contributed by atoms with Gasteiger partial charge < -0.3 is 14.4 Å². The minimum atomic E-state index is -3.76. The molecule has 136 valence electrons. The van der Waals surface area contributed by atoms with Crippen LogP contribution in [0.2, 0.25) is 0 Å². The van der Waals surface area contributed by atoms with Gasteiger partial charge in [-0.2, -0.15) is 8.42 Å². The van der Waals surface area contributed by atoms with Gasteiger partial charge in [-0.05, 0) is 32.9 Å². The molecule has 0 saturated heterocycles. The number of amides is 1. The Bertz CT molecular complexity index is 609. The zero-order valence-corrected chi connectivity index (χ0v) is 15.3. The molecule has 0 aliphatic carbocycles. The molecular formula is C16H25NO6S. The highest BCUT2D eigenvalue weighted by atomic mass is 32.2. The Morgan fingerprint density at radius 2 is 1.71 bits per heavy atom. The van der Waals surface area contributed by atoms with E-state index >= 15 is 0 Å². The SMILES string of the molecule is CN(CCOCCOS(=O)(=O)c1ccccc1)C(=O)OC(C)(C)C. The molecular weight excluding hydrogens is 334 g/mol. The Kier molecular flexibility index (Phi) is 7.65. The molecule has 24 heavy (non-hydrogen) atoms. The van der Waals surface area contributed by atoms with E-state index in [0.29, 0.717) is 6.54 Å². The van der Waals surface area contributed by atoms with E-state index in [1.165, 1.54) is 17.0 Å². The third-order valence-corrected chi connectivity index (χ3v) is 4.10. The maximum atomic E-state index is 11.8. The van der Waals surface area contributed by atoms with E-state index < -0.39 is 21.8 Å². The second-order valence-corrected chi connectivity index (χ2v) is 7.72. The minimum Gasteiger partial charge on any atom is -0.444 e. The van der Waals surface area contributed by atoms with Crippen molar-refractivity contribution in [2.45, 2.75) is 31.3 Å². The third-order valence-electron chi connectivity index (χ3n) is 2.77. The number of ether oxygens (including phenoxy) is 2. The molecule has 0 heterocycles. The van der Waals surface area contributed by atoms with E-state index in [2.05, 4.69) is 0 Å². The normalized spacial score (nSPS) is 12.0. The Balaban J connectivity index is 2.22. The lowest BCUT2D eigenvalue weighted by molar-refractivity contribution is 0.0218. The van der Waals surface area contributed by atoms with E-state index in [1.54, 1.807) is 46.0 Å². The number of likely N-dealkylation sites (N-methyl/N-ethyl adjacent to an activating group) is 1. The molecule has 1 aromatic rings. The number of carbonyl (C=O) groups excluding carboxylic acids is 1. The van der Waals surface area contributed by atoms with E-state index in [9.17, 15) is 13.2 Å². The average Bonchev–Trinajstić information content (AvgIpc) is 2.49. The van der Waals surface area contributed by atoms with Gasteiger partial charge in [-0.25, -0.2) is 4.79 Å². The number of hydrogen-bond acceptors (Lipinski definition) is 6. The summed E-state index contributed by atoms with van der Waals surface area (Å²) in [5, 5.41) is 0. The summed E-state index contributed by atoms with van der Waals surface area (Å²) < 4.78 is 39.0. The van der Waals surface area contributed by atoms with Crippen molar-refractivity contribution in [3.63, 3.8) is 0 Å². The molecule has 1 rings (SSSR count). The molecule has 0 aromatic heterocycles. The van der Waals surface area contributed by atoms with Crippen LogP contribution < -0.4 is 0 Å². The summed E-state index contributed by atoms with van der Waals surface area (Å²) in [6.45, 7) is 5.98. The molecule has 0 atom stereocenters. The number of rotatable bonds is 8. The van der Waals surface area contributed by atoms with Crippen molar-refractivity contribution in [3.8, 4) is 0 Å². The van der Waals surface area contributed by atoms with Gasteiger partial charge in [0.15, 0.2) is 0 Å². The topological polar surface area (TPSA) is 82.1 Å². The second kappa shape index (κ2) is 9.00. The van der Waals surface area contributed by atoms with Gasteiger partial charge in [0.2, 0.25) is 0 Å². The number of benzene rings is 1. The molecule has 8 heteroatoms. The highest BCUT2D eigenvalue weighted by Gasteiger charge is 2.19. The maximum Gasteiger partial charge on any atom is 0.410 e. The van der Waals surface area contributed by atoms with Gasteiger partial charge in [0, 0.05) is 13.6 Å². The fourth-order valence-corrected chi connectivity index (χ4v) is 2.51. The van der Waals surface area contributed by atoms with Crippen molar-refractivity contribution in [2.75, 3.05) is 33.4 Å². The summed E-state index contributed by atoms with van der Waals surface area (Å²) in [4.78, 5) is 13.2. The molecule has 0 aliphatic rings. The van der Waals surface area contributed by atoms with E-state index in [0.717, 1.165) is 0 Å². The average molecular weight is 359 g/mol. The Morgan fingerprint density at radius 1 is 1.08 bits per heavy atom. The third kappa shape index (κ3) is 7.76. The van der Waals surface area contributed by atoms with Crippen LogP contribution in [0, 0.1) is 0 Å². The molecule has 0 unspecified atom stereocenters. The van der Waals surface area contributed by atoms with Gasteiger partial charge in [0.25, 0.3) is 10.1 Å². The number of carbonyl (C=O) groups is 1. The molecule has 0 spiro atoms. The summed E-state index contributed by atoms with van der Waals surface area (Å²) in [6.07, 6.45) is -0.436. The first-order valence-corrected chi connectivity index (χ1v) is 8.99. The van der Waals surface area contributed by atoms with E-state index in [4.69, 9.17) is 13.7 Å². The summed E-state index contributed by atoms with van der Waals surface area (Å²) in [6, 6.07) is 7.90. The smallest absolute Gasteiger partial charge is 0.410 e. The predicted octanol–water partition coefficient (Wildman–Crippen LogP) is 2.28. The fourth-order valence-electron chi connectivity index (χ4n) is 1.59. The van der Waals surface area contributed by atoms with Crippen LogP contribution in [0.5, 0.6) is 0 Å². The first-order chi connectivity index (χ1) is 11.1. The largest absolute Gasteiger partial charge is 0.444 e. The van der Waals surface area contributed by atoms with E-state index in [1.807, 2.05) is 0 Å². The van der Waals surface area contributed by atoms with Crippen LogP contribution in [-0.2, 0) is 23.8 Å². The van der Waals surface area contributed by atoms with Crippen molar-refractivity contribution in [1.29, 1.82) is 0 Å². The van der Waals surface area contributed by atoms with Gasteiger partial charge in [0.1, 0.15) is 5.60 Å². The molecule has 0 N–H and O–H groups in total. The Hall–Kier alpha value is -1.64. The molecule has 0 fully saturated rings. The molecule has 0 radical (unpaired) electrons. The van der Waals surface area contributed by atoms with Crippen molar-refractivity contribution >= 4 is 16.2 Å². The lowest BCUT2D eigenvalue weighted by Gasteiger charge is -2.24. The highest BCUT2D eigenvalue weighted by molar-refractivity contribution is 7.86. The first-order valence-electron chi connectivity index (χ1n) is 7.58. The van der Waals surface area contributed by atoms with Crippen LogP contribution in [0.3, 0.4) is 0 Å². The van der Waals surface area contributed by atoms with Crippen LogP contribution in [0.25, 0.3) is 0 Å². The standard InChI is InChI=1S/C16H25NO6S/c1-16(2,3)23-15(18)17(4)10-11-21-12-13-22-24(19,20)14-8-6-5-7-9-14/h5-9H,10-13H2,1-4H3. The van der Waals surface area contributed by atoms with Crippen molar-refractivity contribution in [3.05, 3.63) is 30.3 Å². The van der Waals surface area contributed by atoms with Crippen LogP contribution >= 0.6 is 0 Å². The molecule has 0 saturated carbocycles. The van der Waals surface area contributed by atoms with E-state index in [-0.39, 0.29) is 24.7 Å². The van der Waals surface area contributed by atoms with Gasteiger partial charge in [-0.1, -0.05) is 18.2 Å². The quantitative estimate of drug-likeness (QED) is 0.523. The zero-order valence-electron chi connectivity index (χ0n) is 14.5. The fraction of sp³-hybridized carbons (Fsp3) is 0.562. The zero-order chi connectivity index (χ0) is 18.2. The van der Waals surface area contributed by atoms with Gasteiger partial charge in [0.05, 0.1) is 24.7 Å². The molecule has 1 aromatic carbocycles. The monoisotopic (exact) mass is 359 g/mol. The maximum absolute atomic E-state index is 11.8. The predicted molar refractivity (Wildman–Crippen MR) is 89.3 cm³/mol. The Morgan fingerprint density at radius 3 is 2.29 bits per heavy atom. The van der Waals surface area contributed by atoms with Crippen molar-refractivity contribution in [1.82, 2.24) is 4.90 Å². The molecule has 1 amide bonds. The highest BCUT2D eigenvalue weighted by Crippen LogP contribution is 2.11. The summed E-state index contributed by atoms with van der Waals surface area (Å²) in [5.74, 6) is 0. The first kappa shape index (κ1) is 20.4. The number of nitrogens with zero attached hydrogens (tertiary/aromatic N) is 1. The summed E-state index contributed by atoms with van der Waals surface area (Å²) >= 11 is 0.